The molecule has 110 valence electrons. The van der Waals surface area contributed by atoms with Crippen molar-refractivity contribution in [3.8, 4) is 0 Å². The first-order chi connectivity index (χ1) is 9.08. The molecule has 0 aliphatic heterocycles. The molecule has 1 aromatic heterocycles. The third kappa shape index (κ3) is 7.84. The highest BCUT2D eigenvalue weighted by molar-refractivity contribution is 4.82. The van der Waals surface area contributed by atoms with Crippen molar-refractivity contribution in [1.82, 2.24) is 15.5 Å². The molecule has 0 aliphatic rings. The van der Waals surface area contributed by atoms with E-state index < -0.39 is 13.0 Å². The maximum Gasteiger partial charge on any atom is 0.261 e. The number of aromatic nitrogens is 2. The Morgan fingerprint density at radius 2 is 1.89 bits per heavy atom. The molecule has 5 nitrogen and oxygen atoms in total. The molecule has 1 rings (SSSR count). The Labute approximate surface area is 111 Å². The molecule has 0 atom stereocenters. The number of hydrogen-bond donors (Lipinski definition) is 1. The summed E-state index contributed by atoms with van der Waals surface area (Å²) in [4.78, 5) is 0. The summed E-state index contributed by atoms with van der Waals surface area (Å²) in [7, 11) is 0. The summed E-state index contributed by atoms with van der Waals surface area (Å²) in [5.41, 5.74) is 0. The van der Waals surface area contributed by atoms with Gasteiger partial charge in [0.2, 0.25) is 11.8 Å². The van der Waals surface area contributed by atoms with Crippen LogP contribution in [0.2, 0.25) is 0 Å². The van der Waals surface area contributed by atoms with Gasteiger partial charge in [-0.15, -0.1) is 10.2 Å². The molecule has 0 aromatic carbocycles. The van der Waals surface area contributed by atoms with E-state index in [2.05, 4.69) is 29.4 Å². The van der Waals surface area contributed by atoms with Crippen LogP contribution in [-0.2, 0) is 17.6 Å². The molecule has 0 radical (unpaired) electrons. The van der Waals surface area contributed by atoms with Crippen LogP contribution in [0, 0.1) is 0 Å². The molecular weight excluding hydrogens is 256 g/mol. The van der Waals surface area contributed by atoms with Gasteiger partial charge in [0.25, 0.3) is 6.43 Å². The third-order valence-corrected chi connectivity index (χ3v) is 2.33. The Balaban J connectivity index is 2.14. The number of halogens is 2. The van der Waals surface area contributed by atoms with Crippen LogP contribution >= 0.6 is 0 Å². The van der Waals surface area contributed by atoms with Gasteiger partial charge in [-0.1, -0.05) is 13.8 Å². The van der Waals surface area contributed by atoms with Crippen molar-refractivity contribution in [2.75, 3.05) is 19.8 Å². The van der Waals surface area contributed by atoms with Gasteiger partial charge >= 0.3 is 0 Å². The second-order valence-corrected chi connectivity index (χ2v) is 4.52. The van der Waals surface area contributed by atoms with Gasteiger partial charge in [0, 0.05) is 18.9 Å². The van der Waals surface area contributed by atoms with E-state index in [1.165, 1.54) is 0 Å². The van der Waals surface area contributed by atoms with Crippen LogP contribution < -0.4 is 5.32 Å². The van der Waals surface area contributed by atoms with Crippen molar-refractivity contribution >= 4 is 0 Å². The van der Waals surface area contributed by atoms with Gasteiger partial charge in [-0.3, -0.25) is 0 Å². The molecule has 0 saturated heterocycles. The fourth-order valence-corrected chi connectivity index (χ4v) is 1.45. The predicted molar refractivity (Wildman–Crippen MR) is 66.3 cm³/mol. The molecule has 1 heterocycles. The van der Waals surface area contributed by atoms with E-state index >= 15 is 0 Å². The largest absolute Gasteiger partial charge is 0.425 e. The molecule has 0 fully saturated rings. The Morgan fingerprint density at radius 3 is 2.53 bits per heavy atom. The van der Waals surface area contributed by atoms with Crippen molar-refractivity contribution < 1.29 is 17.9 Å². The van der Waals surface area contributed by atoms with E-state index in [0.717, 1.165) is 13.0 Å². The normalized spacial score (nSPS) is 11.7. The first-order valence-electron chi connectivity index (χ1n) is 6.48. The van der Waals surface area contributed by atoms with E-state index in [1.54, 1.807) is 0 Å². The molecule has 7 heteroatoms. The van der Waals surface area contributed by atoms with Gasteiger partial charge in [0.05, 0.1) is 6.61 Å². The first-order valence-corrected chi connectivity index (χ1v) is 6.48. The highest BCUT2D eigenvalue weighted by atomic mass is 19.3. The second kappa shape index (κ2) is 8.92. The van der Waals surface area contributed by atoms with E-state index in [9.17, 15) is 8.78 Å². The van der Waals surface area contributed by atoms with Gasteiger partial charge < -0.3 is 14.5 Å². The predicted octanol–water partition coefficient (Wildman–Crippen LogP) is 1.82. The average Bonchev–Trinajstić information content (AvgIpc) is 2.78. The topological polar surface area (TPSA) is 60.2 Å². The minimum absolute atomic E-state index is 0.168. The van der Waals surface area contributed by atoms with Gasteiger partial charge in [-0.2, -0.15) is 0 Å². The van der Waals surface area contributed by atoms with Gasteiger partial charge in [0.15, 0.2) is 0 Å². The lowest BCUT2D eigenvalue weighted by Gasteiger charge is -2.05. The van der Waals surface area contributed by atoms with Gasteiger partial charge in [0.1, 0.15) is 6.61 Å². The minimum Gasteiger partial charge on any atom is -0.425 e. The molecule has 0 amide bonds. The highest BCUT2D eigenvalue weighted by Crippen LogP contribution is 2.04. The zero-order valence-electron chi connectivity index (χ0n) is 11.4. The van der Waals surface area contributed by atoms with E-state index in [0.29, 0.717) is 30.7 Å². The summed E-state index contributed by atoms with van der Waals surface area (Å²) in [6.45, 7) is 4.68. The number of rotatable bonds is 10. The summed E-state index contributed by atoms with van der Waals surface area (Å²) >= 11 is 0. The Kier molecular flexibility index (Phi) is 7.50. The lowest BCUT2D eigenvalue weighted by molar-refractivity contribution is 0.0173. The summed E-state index contributed by atoms with van der Waals surface area (Å²) in [5.74, 6) is 1.01. The van der Waals surface area contributed by atoms with Crippen LogP contribution in [0.25, 0.3) is 0 Å². The zero-order valence-corrected chi connectivity index (χ0v) is 11.4. The van der Waals surface area contributed by atoms with Crippen LogP contribution in [0.15, 0.2) is 4.42 Å². The fraction of sp³-hybridized carbons (Fsp3) is 0.833. The smallest absolute Gasteiger partial charge is 0.261 e. The molecule has 0 saturated carbocycles. The SMILES string of the molecule is CC(C)NCCCc1nnc(CCOCC(F)F)o1. The quantitative estimate of drug-likeness (QED) is 0.661. The maximum atomic E-state index is 11.8. The summed E-state index contributed by atoms with van der Waals surface area (Å²) in [6.07, 6.45) is -0.442. The summed E-state index contributed by atoms with van der Waals surface area (Å²) < 4.78 is 33.7. The highest BCUT2D eigenvalue weighted by Gasteiger charge is 2.07. The number of nitrogens with zero attached hydrogens (tertiary/aromatic N) is 2. The van der Waals surface area contributed by atoms with E-state index in [1.807, 2.05) is 0 Å². The molecular formula is C12H21F2N3O2. The first kappa shape index (κ1) is 16.0. The lowest BCUT2D eigenvalue weighted by atomic mass is 10.3. The van der Waals surface area contributed by atoms with Crippen LogP contribution in [0.5, 0.6) is 0 Å². The zero-order chi connectivity index (χ0) is 14.1. The standard InChI is InChI=1S/C12H21F2N3O2/c1-9(2)15-6-3-4-11-16-17-12(19-11)5-7-18-8-10(13)14/h9-10,15H,3-8H2,1-2H3. The minimum atomic E-state index is -2.44. The van der Waals surface area contributed by atoms with Crippen LogP contribution in [-0.4, -0.2) is 42.4 Å². The van der Waals surface area contributed by atoms with Crippen LogP contribution in [0.4, 0.5) is 8.78 Å². The number of hydrogen-bond acceptors (Lipinski definition) is 5. The molecule has 0 spiro atoms. The Morgan fingerprint density at radius 1 is 1.21 bits per heavy atom. The summed E-state index contributed by atoms with van der Waals surface area (Å²) in [6, 6.07) is 0.463. The summed E-state index contributed by atoms with van der Waals surface area (Å²) in [5, 5.41) is 11.0. The molecule has 19 heavy (non-hydrogen) atoms. The molecule has 0 bridgehead atoms. The number of aryl methyl sites for hydroxylation is 1. The number of nitrogens with one attached hydrogen (secondary N) is 1. The second-order valence-electron chi connectivity index (χ2n) is 4.52. The third-order valence-electron chi connectivity index (χ3n) is 2.33. The maximum absolute atomic E-state index is 11.8. The van der Waals surface area contributed by atoms with Crippen molar-refractivity contribution in [3.05, 3.63) is 11.8 Å². The van der Waals surface area contributed by atoms with Crippen molar-refractivity contribution in [1.29, 1.82) is 0 Å². The molecule has 1 N–H and O–H groups in total. The Bertz CT molecular complexity index is 315. The van der Waals surface area contributed by atoms with Crippen molar-refractivity contribution in [3.63, 3.8) is 0 Å². The van der Waals surface area contributed by atoms with Gasteiger partial charge in [-0.05, 0) is 13.0 Å². The molecule has 1 aromatic rings. The van der Waals surface area contributed by atoms with Gasteiger partial charge in [-0.25, -0.2) is 8.78 Å². The fourth-order valence-electron chi connectivity index (χ4n) is 1.45. The van der Waals surface area contributed by atoms with Crippen molar-refractivity contribution in [2.24, 2.45) is 0 Å². The number of ether oxygens (including phenoxy) is 1. The monoisotopic (exact) mass is 277 g/mol. The van der Waals surface area contributed by atoms with Crippen LogP contribution in [0.1, 0.15) is 32.0 Å². The average molecular weight is 277 g/mol. The van der Waals surface area contributed by atoms with E-state index in [-0.39, 0.29) is 6.61 Å². The Hall–Kier alpha value is -1.08. The molecule has 0 unspecified atom stereocenters. The van der Waals surface area contributed by atoms with Crippen LogP contribution in [0.3, 0.4) is 0 Å². The molecule has 0 aliphatic carbocycles. The lowest BCUT2D eigenvalue weighted by Crippen LogP contribution is -2.23. The van der Waals surface area contributed by atoms with E-state index in [4.69, 9.17) is 9.15 Å². The number of alkyl halides is 2. The van der Waals surface area contributed by atoms with Crippen molar-refractivity contribution in [2.45, 2.75) is 45.6 Å².